The number of nitrogens with zero attached hydrogens (tertiary/aromatic N) is 1. The van der Waals surface area contributed by atoms with Crippen molar-refractivity contribution < 1.29 is 14.7 Å². The summed E-state index contributed by atoms with van der Waals surface area (Å²) in [6, 6.07) is -0.229. The van der Waals surface area contributed by atoms with E-state index >= 15 is 0 Å². The summed E-state index contributed by atoms with van der Waals surface area (Å²) in [5, 5.41) is 8.85. The van der Waals surface area contributed by atoms with Gasteiger partial charge in [0.1, 0.15) is 0 Å². The largest absolute Gasteiger partial charge is 0.481 e. The average Bonchev–Trinajstić information content (AvgIpc) is 2.28. The number of hydrogen-bond donors (Lipinski definition) is 2. The number of nitrogens with two attached hydrogens (primary N) is 1. The molecule has 0 aromatic heterocycles. The minimum absolute atomic E-state index is 0.00145. The fourth-order valence-corrected chi connectivity index (χ4v) is 2.83. The van der Waals surface area contributed by atoms with Crippen molar-refractivity contribution in [3.05, 3.63) is 0 Å². The van der Waals surface area contributed by atoms with Crippen molar-refractivity contribution >= 4 is 23.6 Å². The molecule has 0 bridgehead atoms. The van der Waals surface area contributed by atoms with Crippen molar-refractivity contribution in [3.8, 4) is 0 Å². The molecule has 0 radical (unpaired) electrons. The van der Waals surface area contributed by atoms with Crippen LogP contribution in [0.2, 0.25) is 0 Å². The molecule has 2 atom stereocenters. The van der Waals surface area contributed by atoms with Crippen LogP contribution in [0.3, 0.4) is 0 Å². The third-order valence-electron chi connectivity index (χ3n) is 3.12. The molecule has 1 aliphatic heterocycles. The van der Waals surface area contributed by atoms with Crippen molar-refractivity contribution in [2.24, 2.45) is 5.73 Å². The number of carboxylic acids is 1. The molecule has 1 rings (SSSR count). The van der Waals surface area contributed by atoms with Gasteiger partial charge < -0.3 is 15.7 Å². The summed E-state index contributed by atoms with van der Waals surface area (Å²) in [7, 11) is 0. The fraction of sp³-hybridized carbons (Fsp3) is 0.818. The first-order chi connectivity index (χ1) is 7.88. The predicted molar refractivity (Wildman–Crippen MR) is 68.0 cm³/mol. The van der Waals surface area contributed by atoms with E-state index in [1.807, 2.05) is 6.92 Å². The van der Waals surface area contributed by atoms with Crippen molar-refractivity contribution in [1.29, 1.82) is 0 Å². The zero-order valence-corrected chi connectivity index (χ0v) is 11.1. The Hall–Kier alpha value is -0.750. The van der Waals surface area contributed by atoms with Crippen LogP contribution < -0.4 is 5.73 Å². The van der Waals surface area contributed by atoms with E-state index in [2.05, 4.69) is 0 Å². The summed E-state index contributed by atoms with van der Waals surface area (Å²) in [6.07, 6.45) is 0.549. The zero-order valence-electron chi connectivity index (χ0n) is 10.3. The molecule has 1 amide bonds. The molecule has 6 heteroatoms. The lowest BCUT2D eigenvalue weighted by molar-refractivity contribution is -0.142. The van der Waals surface area contributed by atoms with Crippen LogP contribution in [-0.4, -0.2) is 51.5 Å². The van der Waals surface area contributed by atoms with Crippen LogP contribution >= 0.6 is 11.8 Å². The van der Waals surface area contributed by atoms with Crippen LogP contribution in [0.1, 0.15) is 26.7 Å². The lowest BCUT2D eigenvalue weighted by Gasteiger charge is -2.39. The van der Waals surface area contributed by atoms with Crippen LogP contribution in [0.4, 0.5) is 0 Å². The van der Waals surface area contributed by atoms with Crippen LogP contribution in [0.15, 0.2) is 0 Å². The van der Waals surface area contributed by atoms with E-state index in [0.29, 0.717) is 18.7 Å². The van der Waals surface area contributed by atoms with Gasteiger partial charge in [0.2, 0.25) is 5.91 Å². The average molecular weight is 260 g/mol. The van der Waals surface area contributed by atoms with Gasteiger partial charge in [-0.15, -0.1) is 0 Å². The third kappa shape index (κ3) is 3.61. The van der Waals surface area contributed by atoms with Gasteiger partial charge in [-0.05, 0) is 13.3 Å². The number of carbonyl (C=O) groups excluding carboxylic acids is 1. The molecule has 1 saturated heterocycles. The minimum atomic E-state index is -0.890. The van der Waals surface area contributed by atoms with Crippen molar-refractivity contribution in [2.75, 3.05) is 18.1 Å². The second-order valence-corrected chi connectivity index (χ2v) is 5.75. The Bertz CT molecular complexity index is 307. The zero-order chi connectivity index (χ0) is 13.1. The number of amides is 1. The number of aliphatic carboxylic acids is 1. The molecule has 2 unspecified atom stereocenters. The van der Waals surface area contributed by atoms with Gasteiger partial charge in [0, 0.05) is 18.1 Å². The molecular formula is C11H20N2O3S. The summed E-state index contributed by atoms with van der Waals surface area (Å²) in [6.45, 7) is 4.16. The molecule has 0 aromatic carbocycles. The van der Waals surface area contributed by atoms with E-state index in [0.717, 1.165) is 5.75 Å². The maximum absolute atomic E-state index is 12.2. The highest BCUT2D eigenvalue weighted by Gasteiger charge is 2.36. The second kappa shape index (κ2) is 5.73. The smallest absolute Gasteiger partial charge is 0.305 e. The summed E-state index contributed by atoms with van der Waals surface area (Å²) in [5.74, 6) is 0.525. The summed E-state index contributed by atoms with van der Waals surface area (Å²) in [5.41, 5.74) is 5.05. The van der Waals surface area contributed by atoms with E-state index in [1.54, 1.807) is 23.6 Å². The molecule has 98 valence electrons. The van der Waals surface area contributed by atoms with Crippen molar-refractivity contribution in [3.63, 3.8) is 0 Å². The Morgan fingerprint density at radius 1 is 1.59 bits per heavy atom. The number of carbonyl (C=O) groups is 2. The van der Waals surface area contributed by atoms with E-state index in [-0.39, 0.29) is 18.4 Å². The van der Waals surface area contributed by atoms with Crippen LogP contribution in [-0.2, 0) is 9.59 Å². The molecular weight excluding hydrogens is 240 g/mol. The van der Waals surface area contributed by atoms with Gasteiger partial charge in [0.15, 0.2) is 0 Å². The summed E-state index contributed by atoms with van der Waals surface area (Å²) >= 11 is 1.69. The Kier molecular flexibility index (Phi) is 4.82. The van der Waals surface area contributed by atoms with Gasteiger partial charge in [-0.2, -0.15) is 11.8 Å². The van der Waals surface area contributed by atoms with Gasteiger partial charge in [-0.25, -0.2) is 0 Å². The minimum Gasteiger partial charge on any atom is -0.481 e. The first-order valence-corrected chi connectivity index (χ1v) is 6.93. The molecule has 0 spiro atoms. The third-order valence-corrected chi connectivity index (χ3v) is 4.21. The van der Waals surface area contributed by atoms with Crippen molar-refractivity contribution in [2.45, 2.75) is 38.3 Å². The van der Waals surface area contributed by atoms with Crippen LogP contribution in [0.5, 0.6) is 0 Å². The van der Waals surface area contributed by atoms with E-state index in [9.17, 15) is 9.59 Å². The Labute approximate surface area is 106 Å². The van der Waals surface area contributed by atoms with Gasteiger partial charge in [0.25, 0.3) is 0 Å². The van der Waals surface area contributed by atoms with E-state index in [1.165, 1.54) is 0 Å². The molecule has 1 heterocycles. The van der Waals surface area contributed by atoms with Crippen molar-refractivity contribution in [1.82, 2.24) is 4.90 Å². The van der Waals surface area contributed by atoms with Crippen LogP contribution in [0, 0.1) is 0 Å². The lowest BCUT2D eigenvalue weighted by atomic mass is 9.97. The highest BCUT2D eigenvalue weighted by atomic mass is 32.2. The van der Waals surface area contributed by atoms with E-state index < -0.39 is 11.5 Å². The monoisotopic (exact) mass is 260 g/mol. The number of hydrogen-bond acceptors (Lipinski definition) is 4. The van der Waals surface area contributed by atoms with Gasteiger partial charge in [-0.3, -0.25) is 9.59 Å². The van der Waals surface area contributed by atoms with Gasteiger partial charge in [0.05, 0.1) is 18.0 Å². The normalized spacial score (nSPS) is 24.2. The van der Waals surface area contributed by atoms with E-state index in [4.69, 9.17) is 10.8 Å². The van der Waals surface area contributed by atoms with Gasteiger partial charge >= 0.3 is 5.97 Å². The van der Waals surface area contributed by atoms with Gasteiger partial charge in [-0.1, -0.05) is 6.92 Å². The maximum atomic E-state index is 12.2. The molecule has 17 heavy (non-hydrogen) atoms. The Balaban J connectivity index is 2.77. The number of rotatable bonds is 4. The predicted octanol–water partition coefficient (Wildman–Crippen LogP) is 0.532. The highest BCUT2D eigenvalue weighted by Crippen LogP contribution is 2.22. The first kappa shape index (κ1) is 14.3. The van der Waals surface area contributed by atoms with Crippen LogP contribution in [0.25, 0.3) is 0 Å². The molecule has 5 nitrogen and oxygen atoms in total. The first-order valence-electron chi connectivity index (χ1n) is 5.78. The number of carboxylic acid groups (broad SMARTS) is 1. The number of thioether (sulfide) groups is 1. The highest BCUT2D eigenvalue weighted by molar-refractivity contribution is 7.99. The lowest BCUT2D eigenvalue weighted by Crippen LogP contribution is -2.58. The summed E-state index contributed by atoms with van der Waals surface area (Å²) < 4.78 is 0. The summed E-state index contributed by atoms with van der Waals surface area (Å²) in [4.78, 5) is 24.7. The second-order valence-electron chi connectivity index (χ2n) is 4.60. The molecule has 0 aliphatic carbocycles. The quantitative estimate of drug-likeness (QED) is 0.770. The topological polar surface area (TPSA) is 83.6 Å². The standard InChI is InChI=1S/C11H20N2O3S/c1-3-11(2,12)10(16)13-4-5-17-7-8(13)6-9(14)15/h8H,3-7,12H2,1-2H3,(H,14,15). The molecule has 0 saturated carbocycles. The Morgan fingerprint density at radius 3 is 2.76 bits per heavy atom. The maximum Gasteiger partial charge on any atom is 0.305 e. The fourth-order valence-electron chi connectivity index (χ4n) is 1.77. The molecule has 1 aliphatic rings. The molecule has 3 N–H and O–H groups in total. The molecule has 1 fully saturated rings. The SMILES string of the molecule is CCC(C)(N)C(=O)N1CCSCC1CC(=O)O. The molecule has 0 aromatic rings. The Morgan fingerprint density at radius 2 is 2.24 bits per heavy atom.